The molecular formula is C30H44N2O2. The molecule has 0 N–H and O–H groups in total. The van der Waals surface area contributed by atoms with Crippen molar-refractivity contribution < 1.29 is 9.47 Å². The molecule has 0 saturated carbocycles. The van der Waals surface area contributed by atoms with Crippen LogP contribution in [0.1, 0.15) is 64.0 Å². The Hall–Kier alpha value is -1.72. The summed E-state index contributed by atoms with van der Waals surface area (Å²) in [6.07, 6.45) is 6.36. The molecule has 2 saturated heterocycles. The second kappa shape index (κ2) is 12.8. The molecule has 2 aliphatic heterocycles. The minimum Gasteiger partial charge on any atom is -0.375 e. The van der Waals surface area contributed by atoms with Crippen LogP contribution in [-0.4, -0.2) is 59.8 Å². The summed E-state index contributed by atoms with van der Waals surface area (Å²) in [6, 6.07) is 23.2. The third kappa shape index (κ3) is 6.91. The number of benzene rings is 2. The Morgan fingerprint density at radius 3 is 2.09 bits per heavy atom. The van der Waals surface area contributed by atoms with Crippen molar-refractivity contribution in [3.05, 3.63) is 71.8 Å². The highest BCUT2D eigenvalue weighted by Crippen LogP contribution is 2.30. The number of nitrogens with zero attached hydrogens (tertiary/aromatic N) is 2. The number of rotatable bonds is 12. The first kappa shape index (κ1) is 25.4. The summed E-state index contributed by atoms with van der Waals surface area (Å²) in [5.74, 6) is 0. The van der Waals surface area contributed by atoms with E-state index in [0.717, 1.165) is 13.0 Å². The third-order valence-electron chi connectivity index (χ3n) is 7.73. The number of hydrogen-bond acceptors (Lipinski definition) is 4. The zero-order valence-corrected chi connectivity index (χ0v) is 21.4. The quantitative estimate of drug-likeness (QED) is 0.390. The van der Waals surface area contributed by atoms with Crippen molar-refractivity contribution in [3.8, 4) is 0 Å². The Labute approximate surface area is 207 Å². The molecule has 34 heavy (non-hydrogen) atoms. The van der Waals surface area contributed by atoms with Crippen molar-refractivity contribution >= 4 is 0 Å². The number of hydrogen-bond donors (Lipinski definition) is 0. The first-order valence-corrected chi connectivity index (χ1v) is 13.4. The molecule has 4 heteroatoms. The lowest BCUT2D eigenvalue weighted by atomic mass is 9.99. The van der Waals surface area contributed by atoms with Crippen LogP contribution in [-0.2, 0) is 22.7 Å². The van der Waals surface area contributed by atoms with Gasteiger partial charge in [-0.2, -0.15) is 0 Å². The van der Waals surface area contributed by atoms with Crippen LogP contribution in [0.5, 0.6) is 0 Å². The van der Waals surface area contributed by atoms with Crippen molar-refractivity contribution in [3.63, 3.8) is 0 Å². The molecule has 2 aromatic rings. The summed E-state index contributed by atoms with van der Waals surface area (Å²) in [4.78, 5) is 5.37. The van der Waals surface area contributed by atoms with Gasteiger partial charge in [-0.1, -0.05) is 60.7 Å². The van der Waals surface area contributed by atoms with E-state index >= 15 is 0 Å². The molecule has 2 fully saturated rings. The van der Waals surface area contributed by atoms with Gasteiger partial charge in [0.1, 0.15) is 0 Å². The van der Waals surface area contributed by atoms with E-state index in [1.807, 2.05) is 0 Å². The zero-order chi connectivity index (χ0) is 23.8. The van der Waals surface area contributed by atoms with Gasteiger partial charge in [0, 0.05) is 24.2 Å². The first-order valence-electron chi connectivity index (χ1n) is 13.4. The lowest BCUT2D eigenvalue weighted by Crippen LogP contribution is -2.48. The second-order valence-electron chi connectivity index (χ2n) is 10.5. The molecule has 4 rings (SSSR count). The molecule has 0 amide bonds. The van der Waals surface area contributed by atoms with E-state index in [1.165, 1.54) is 49.9 Å². The molecular weight excluding hydrogens is 420 g/mol. The maximum absolute atomic E-state index is 6.70. The van der Waals surface area contributed by atoms with Gasteiger partial charge < -0.3 is 9.47 Å². The lowest BCUT2D eigenvalue weighted by molar-refractivity contribution is -0.0400. The zero-order valence-electron chi connectivity index (χ0n) is 21.4. The van der Waals surface area contributed by atoms with Crippen molar-refractivity contribution in [1.82, 2.24) is 9.80 Å². The summed E-state index contributed by atoms with van der Waals surface area (Å²) in [6.45, 7) is 11.6. The van der Waals surface area contributed by atoms with Gasteiger partial charge in [0.25, 0.3) is 0 Å². The lowest BCUT2D eigenvalue weighted by Gasteiger charge is -2.38. The average molecular weight is 465 g/mol. The molecule has 0 radical (unpaired) electrons. The average Bonchev–Trinajstić information content (AvgIpc) is 3.53. The Morgan fingerprint density at radius 1 is 0.794 bits per heavy atom. The van der Waals surface area contributed by atoms with Crippen molar-refractivity contribution in [1.29, 1.82) is 0 Å². The van der Waals surface area contributed by atoms with Gasteiger partial charge in [-0.25, -0.2) is 0 Å². The fourth-order valence-electron chi connectivity index (χ4n) is 5.94. The monoisotopic (exact) mass is 464 g/mol. The van der Waals surface area contributed by atoms with Crippen LogP contribution in [0.25, 0.3) is 0 Å². The van der Waals surface area contributed by atoms with E-state index < -0.39 is 0 Å². The van der Waals surface area contributed by atoms with Crippen molar-refractivity contribution in [2.24, 2.45) is 0 Å². The van der Waals surface area contributed by atoms with Crippen LogP contribution in [0.3, 0.4) is 0 Å². The summed E-state index contributed by atoms with van der Waals surface area (Å²) in [7, 11) is 0. The first-order chi connectivity index (χ1) is 16.6. The molecule has 4 nitrogen and oxygen atoms in total. The largest absolute Gasteiger partial charge is 0.375 e. The van der Waals surface area contributed by atoms with Gasteiger partial charge in [0.15, 0.2) is 0 Å². The maximum atomic E-state index is 6.70. The Kier molecular flexibility index (Phi) is 9.58. The van der Waals surface area contributed by atoms with Crippen LogP contribution in [0.4, 0.5) is 0 Å². The van der Waals surface area contributed by atoms with E-state index in [4.69, 9.17) is 9.47 Å². The van der Waals surface area contributed by atoms with Crippen molar-refractivity contribution in [2.75, 3.05) is 19.7 Å². The van der Waals surface area contributed by atoms with E-state index in [1.54, 1.807) is 0 Å². The van der Waals surface area contributed by atoms with Crippen molar-refractivity contribution in [2.45, 2.75) is 96.4 Å². The van der Waals surface area contributed by atoms with Crippen LogP contribution in [0, 0.1) is 0 Å². The standard InChI is InChI=1S/C30H44N2O2/c1-24(2)31-18-11-17-29(31)30(34-22-27-14-8-5-9-15-27)20-25(3)32-19-10-16-28(32)23-33-21-26-12-6-4-7-13-26/h4-9,12-15,24-25,28-30H,10-11,16-23H2,1-3H3/t25?,28-,29+,30?/m0/s1. The van der Waals surface area contributed by atoms with Gasteiger partial charge in [-0.15, -0.1) is 0 Å². The van der Waals surface area contributed by atoms with Gasteiger partial charge in [0.2, 0.25) is 0 Å². The highest BCUT2D eigenvalue weighted by molar-refractivity contribution is 5.14. The van der Waals surface area contributed by atoms with Crippen LogP contribution < -0.4 is 0 Å². The smallest absolute Gasteiger partial charge is 0.0749 e. The highest BCUT2D eigenvalue weighted by atomic mass is 16.5. The molecule has 0 spiro atoms. The van der Waals surface area contributed by atoms with E-state index in [0.29, 0.717) is 37.4 Å². The Balaban J connectivity index is 1.36. The Bertz CT molecular complexity index is 828. The molecule has 4 atom stereocenters. The molecule has 2 heterocycles. The number of ether oxygens (including phenoxy) is 2. The molecule has 0 bridgehead atoms. The molecule has 2 aliphatic rings. The minimum atomic E-state index is 0.256. The topological polar surface area (TPSA) is 24.9 Å². The third-order valence-corrected chi connectivity index (χ3v) is 7.73. The molecule has 0 aromatic heterocycles. The van der Waals surface area contributed by atoms with E-state index in [2.05, 4.69) is 91.2 Å². The molecule has 2 unspecified atom stereocenters. The summed E-state index contributed by atoms with van der Waals surface area (Å²) >= 11 is 0. The minimum absolute atomic E-state index is 0.256. The summed E-state index contributed by atoms with van der Waals surface area (Å²) in [5, 5.41) is 0. The van der Waals surface area contributed by atoms with Gasteiger partial charge >= 0.3 is 0 Å². The van der Waals surface area contributed by atoms with E-state index in [-0.39, 0.29) is 6.10 Å². The Morgan fingerprint density at radius 2 is 1.41 bits per heavy atom. The predicted octanol–water partition coefficient (Wildman–Crippen LogP) is 5.90. The fraction of sp³-hybridized carbons (Fsp3) is 0.600. The van der Waals surface area contributed by atoms with Crippen LogP contribution in [0.15, 0.2) is 60.7 Å². The van der Waals surface area contributed by atoms with Crippen LogP contribution in [0.2, 0.25) is 0 Å². The van der Waals surface area contributed by atoms with E-state index in [9.17, 15) is 0 Å². The van der Waals surface area contributed by atoms with Gasteiger partial charge in [0.05, 0.1) is 25.9 Å². The highest BCUT2D eigenvalue weighted by Gasteiger charge is 2.37. The normalized spacial score (nSPS) is 23.5. The van der Waals surface area contributed by atoms with Crippen LogP contribution >= 0.6 is 0 Å². The predicted molar refractivity (Wildman–Crippen MR) is 140 cm³/mol. The molecule has 2 aromatic carbocycles. The summed E-state index contributed by atoms with van der Waals surface area (Å²) < 4.78 is 12.9. The fourth-order valence-corrected chi connectivity index (χ4v) is 5.94. The summed E-state index contributed by atoms with van der Waals surface area (Å²) in [5.41, 5.74) is 2.52. The SMILES string of the molecule is CC(CC(OCc1ccccc1)[C@H]1CCCN1C(C)C)N1CCC[C@H]1COCc1ccccc1. The van der Waals surface area contributed by atoms with Gasteiger partial charge in [-0.3, -0.25) is 9.80 Å². The number of likely N-dealkylation sites (tertiary alicyclic amines) is 2. The second-order valence-corrected chi connectivity index (χ2v) is 10.5. The van der Waals surface area contributed by atoms with Gasteiger partial charge in [-0.05, 0) is 77.1 Å². The maximum Gasteiger partial charge on any atom is 0.0749 e. The molecule has 0 aliphatic carbocycles. The molecule has 186 valence electrons.